The molecule has 0 aliphatic carbocycles. The zero-order valence-corrected chi connectivity index (χ0v) is 18.0. The average Bonchev–Trinajstić information content (AvgIpc) is 3.00. The number of halogens is 2. The first-order valence-electron chi connectivity index (χ1n) is 10.1. The maximum Gasteiger partial charge on any atom is 0.138 e. The molecule has 3 heterocycles. The van der Waals surface area contributed by atoms with Crippen molar-refractivity contribution < 1.29 is 4.39 Å². The van der Waals surface area contributed by atoms with Gasteiger partial charge in [-0.25, -0.2) is 9.37 Å². The zero-order valence-electron chi connectivity index (χ0n) is 17.2. The number of hydrogen-bond acceptors (Lipinski definition) is 2. The highest BCUT2D eigenvalue weighted by atomic mass is 35.5. The van der Waals surface area contributed by atoms with Crippen molar-refractivity contribution in [3.05, 3.63) is 94.6 Å². The lowest BCUT2D eigenvalue weighted by Crippen LogP contribution is -2.31. The Morgan fingerprint density at radius 2 is 1.70 bits per heavy atom. The van der Waals surface area contributed by atoms with Gasteiger partial charge in [0.1, 0.15) is 11.6 Å². The summed E-state index contributed by atoms with van der Waals surface area (Å²) in [7, 11) is 0. The van der Waals surface area contributed by atoms with E-state index in [4.69, 9.17) is 4.98 Å². The van der Waals surface area contributed by atoms with Gasteiger partial charge in [0.25, 0.3) is 0 Å². The Hall–Kier alpha value is -2.85. The zero-order chi connectivity index (χ0) is 20.0. The Balaban J connectivity index is 0.00000218. The highest BCUT2D eigenvalue weighted by molar-refractivity contribution is 5.95. The van der Waals surface area contributed by atoms with Crippen LogP contribution < -0.4 is 4.90 Å². The predicted octanol–water partition coefficient (Wildman–Crippen LogP) is 5.83. The molecular weight excluding hydrogens is 397 g/mol. The molecule has 0 amide bonds. The predicted molar refractivity (Wildman–Crippen MR) is 123 cm³/mol. The summed E-state index contributed by atoms with van der Waals surface area (Å²) < 4.78 is 16.5. The molecule has 0 radical (unpaired) electrons. The van der Waals surface area contributed by atoms with Crippen molar-refractivity contribution in [2.75, 3.05) is 11.4 Å². The van der Waals surface area contributed by atoms with Crippen LogP contribution >= 0.6 is 12.4 Å². The van der Waals surface area contributed by atoms with E-state index in [-0.39, 0.29) is 18.2 Å². The van der Waals surface area contributed by atoms with Crippen molar-refractivity contribution in [1.29, 1.82) is 0 Å². The van der Waals surface area contributed by atoms with Gasteiger partial charge < -0.3 is 9.47 Å². The fourth-order valence-electron chi connectivity index (χ4n) is 4.51. The van der Waals surface area contributed by atoms with Crippen molar-refractivity contribution in [1.82, 2.24) is 9.55 Å². The number of aryl methyl sites for hydroxylation is 1. The lowest BCUT2D eigenvalue weighted by atomic mass is 9.99. The molecule has 0 spiro atoms. The fraction of sp³-hybridized carbons (Fsp3) is 0.240. The largest absolute Gasteiger partial charge is 0.351 e. The second kappa shape index (κ2) is 8.11. The van der Waals surface area contributed by atoms with Crippen LogP contribution in [0.1, 0.15) is 27.9 Å². The quantitative estimate of drug-likeness (QED) is 0.415. The van der Waals surface area contributed by atoms with Gasteiger partial charge in [-0.2, -0.15) is 0 Å². The number of fused-ring (bicyclic) bond motifs is 2. The van der Waals surface area contributed by atoms with Crippen LogP contribution in [-0.2, 0) is 19.5 Å². The van der Waals surface area contributed by atoms with Gasteiger partial charge >= 0.3 is 0 Å². The molecule has 5 rings (SSSR count). The van der Waals surface area contributed by atoms with E-state index in [1.54, 1.807) is 6.07 Å². The first-order valence-corrected chi connectivity index (χ1v) is 10.1. The molecule has 0 bridgehead atoms. The van der Waals surface area contributed by atoms with Crippen molar-refractivity contribution >= 4 is 29.1 Å². The minimum absolute atomic E-state index is 0. The van der Waals surface area contributed by atoms with Gasteiger partial charge in [-0.05, 0) is 49.1 Å². The monoisotopic (exact) mass is 421 g/mol. The first-order chi connectivity index (χ1) is 14.1. The van der Waals surface area contributed by atoms with E-state index in [1.165, 1.54) is 28.1 Å². The van der Waals surface area contributed by atoms with Crippen molar-refractivity contribution in [2.24, 2.45) is 0 Å². The second-order valence-electron chi connectivity index (χ2n) is 7.86. The van der Waals surface area contributed by atoms with E-state index in [9.17, 15) is 4.39 Å². The van der Waals surface area contributed by atoms with E-state index in [0.29, 0.717) is 12.1 Å². The van der Waals surface area contributed by atoms with Gasteiger partial charge in [-0.15, -0.1) is 12.4 Å². The van der Waals surface area contributed by atoms with Crippen LogP contribution in [0, 0.1) is 19.7 Å². The van der Waals surface area contributed by atoms with Crippen LogP contribution in [0.15, 0.2) is 60.8 Å². The highest BCUT2D eigenvalue weighted by Gasteiger charge is 2.22. The number of pyridine rings is 1. The molecule has 1 aliphatic heterocycles. The van der Waals surface area contributed by atoms with E-state index < -0.39 is 0 Å². The maximum absolute atomic E-state index is 14.3. The SMILES string of the molecule is Cc1c(C)n(Cc2ccccc2F)c2ccnc(N3CCc4ccccc4C3)c12.Cl. The van der Waals surface area contributed by atoms with E-state index in [1.807, 2.05) is 18.3 Å². The molecule has 2 aromatic carbocycles. The molecule has 2 aromatic heterocycles. The first kappa shape index (κ1) is 20.4. The molecule has 1 aliphatic rings. The summed E-state index contributed by atoms with van der Waals surface area (Å²) in [4.78, 5) is 7.16. The molecule has 4 aromatic rings. The lowest BCUT2D eigenvalue weighted by Gasteiger charge is -2.30. The van der Waals surface area contributed by atoms with Gasteiger partial charge in [0, 0.05) is 35.9 Å². The number of hydrogen-bond donors (Lipinski definition) is 0. The van der Waals surface area contributed by atoms with Crippen LogP contribution in [0.25, 0.3) is 10.9 Å². The van der Waals surface area contributed by atoms with Crippen LogP contribution in [0.5, 0.6) is 0 Å². The summed E-state index contributed by atoms with van der Waals surface area (Å²) in [5.74, 6) is 0.873. The maximum atomic E-state index is 14.3. The number of anilines is 1. The molecule has 0 saturated heterocycles. The summed E-state index contributed by atoms with van der Waals surface area (Å²) in [6.07, 6.45) is 2.91. The molecule has 3 nitrogen and oxygen atoms in total. The number of benzene rings is 2. The topological polar surface area (TPSA) is 21.1 Å². The van der Waals surface area contributed by atoms with Gasteiger partial charge in [0.05, 0.1) is 12.1 Å². The molecule has 0 atom stereocenters. The van der Waals surface area contributed by atoms with Crippen molar-refractivity contribution in [3.63, 3.8) is 0 Å². The standard InChI is InChI=1S/C25H24FN3.ClH/c1-17-18(2)29(16-21-9-5-6-10-22(21)26)23-11-13-27-25(24(17)23)28-14-12-19-7-3-4-8-20(19)15-28;/h3-11,13H,12,14-16H2,1-2H3;1H. The minimum atomic E-state index is -0.159. The third-order valence-corrected chi connectivity index (χ3v) is 6.24. The summed E-state index contributed by atoms with van der Waals surface area (Å²) in [5, 5.41) is 1.18. The Kier molecular flexibility index (Phi) is 5.52. The van der Waals surface area contributed by atoms with Crippen LogP contribution in [0.4, 0.5) is 10.2 Å². The van der Waals surface area contributed by atoms with E-state index >= 15 is 0 Å². The highest BCUT2D eigenvalue weighted by Crippen LogP contribution is 2.34. The summed E-state index contributed by atoms with van der Waals surface area (Å²) >= 11 is 0. The van der Waals surface area contributed by atoms with E-state index in [0.717, 1.165) is 36.5 Å². The van der Waals surface area contributed by atoms with Crippen LogP contribution in [-0.4, -0.2) is 16.1 Å². The number of aromatic nitrogens is 2. The summed E-state index contributed by atoms with van der Waals surface area (Å²) in [5.41, 5.74) is 7.01. The lowest BCUT2D eigenvalue weighted by molar-refractivity contribution is 0.600. The minimum Gasteiger partial charge on any atom is -0.351 e. The number of rotatable bonds is 3. The van der Waals surface area contributed by atoms with Gasteiger partial charge in [-0.1, -0.05) is 42.5 Å². The van der Waals surface area contributed by atoms with Gasteiger partial charge in [0.2, 0.25) is 0 Å². The van der Waals surface area contributed by atoms with E-state index in [2.05, 4.69) is 53.6 Å². The Morgan fingerprint density at radius 1 is 0.967 bits per heavy atom. The van der Waals surface area contributed by atoms with Crippen LogP contribution in [0.3, 0.4) is 0 Å². The Morgan fingerprint density at radius 3 is 2.50 bits per heavy atom. The van der Waals surface area contributed by atoms with Gasteiger partial charge in [-0.3, -0.25) is 0 Å². The van der Waals surface area contributed by atoms with Crippen LogP contribution in [0.2, 0.25) is 0 Å². The average molecular weight is 422 g/mol. The molecule has 30 heavy (non-hydrogen) atoms. The molecular formula is C25H25ClFN3. The fourth-order valence-corrected chi connectivity index (χ4v) is 4.51. The molecule has 154 valence electrons. The Bertz CT molecular complexity index is 1210. The summed E-state index contributed by atoms with van der Waals surface area (Å²) in [6, 6.07) is 17.7. The molecule has 0 unspecified atom stereocenters. The number of nitrogens with zero attached hydrogens (tertiary/aromatic N) is 3. The van der Waals surface area contributed by atoms with Gasteiger partial charge in [0.15, 0.2) is 0 Å². The third-order valence-electron chi connectivity index (χ3n) is 6.24. The third kappa shape index (κ3) is 3.35. The molecule has 5 heteroatoms. The smallest absolute Gasteiger partial charge is 0.138 e. The molecule has 0 fully saturated rings. The molecule has 0 N–H and O–H groups in total. The Labute approximate surface area is 182 Å². The second-order valence-corrected chi connectivity index (χ2v) is 7.86. The van der Waals surface area contributed by atoms with Crippen molar-refractivity contribution in [3.8, 4) is 0 Å². The normalized spacial score (nSPS) is 13.2. The van der Waals surface area contributed by atoms with Crippen molar-refractivity contribution in [2.45, 2.75) is 33.4 Å². The molecule has 0 saturated carbocycles. The summed E-state index contributed by atoms with van der Waals surface area (Å²) in [6.45, 7) is 6.62.